The van der Waals surface area contributed by atoms with Gasteiger partial charge in [0, 0.05) is 25.7 Å². The van der Waals surface area contributed by atoms with Crippen LogP contribution in [0.4, 0.5) is 4.79 Å². The molecule has 37 heavy (non-hydrogen) atoms. The molecule has 0 aromatic carbocycles. The Balaban J connectivity index is 1.69. The van der Waals surface area contributed by atoms with E-state index in [0.717, 1.165) is 19.3 Å². The van der Waals surface area contributed by atoms with E-state index in [1.807, 2.05) is 0 Å². The molecule has 0 bridgehead atoms. The standard InChI is InChI=1S/C25H43N3O8S/c1-6-35-23(29)21-12-20(26-37(32,33)16(3)4)15-27(21)13-17-8-9-18-14-28(25(31)34-5)22(11-19(18)10-17)24(30)36-7-2/h16-22,26H,6-15H2,1-5H3. The highest BCUT2D eigenvalue weighted by atomic mass is 32.2. The number of fused-ring (bicyclic) bond motifs is 1. The number of esters is 2. The van der Waals surface area contributed by atoms with Gasteiger partial charge >= 0.3 is 18.0 Å². The van der Waals surface area contributed by atoms with Gasteiger partial charge in [-0.1, -0.05) is 0 Å². The lowest BCUT2D eigenvalue weighted by molar-refractivity contribution is -0.153. The molecule has 11 nitrogen and oxygen atoms in total. The van der Waals surface area contributed by atoms with E-state index in [1.54, 1.807) is 27.7 Å². The molecule has 0 aromatic heterocycles. The first-order valence-corrected chi connectivity index (χ1v) is 15.0. The van der Waals surface area contributed by atoms with Crippen molar-refractivity contribution in [2.75, 3.05) is 40.0 Å². The molecule has 3 aliphatic rings. The lowest BCUT2D eigenvalue weighted by atomic mass is 9.69. The van der Waals surface area contributed by atoms with Crippen molar-refractivity contribution in [3.63, 3.8) is 0 Å². The summed E-state index contributed by atoms with van der Waals surface area (Å²) in [5.74, 6) is 0.0667. The van der Waals surface area contributed by atoms with Gasteiger partial charge in [0.15, 0.2) is 0 Å². The number of methoxy groups -OCH3 is 1. The molecule has 6 atom stereocenters. The first-order valence-electron chi connectivity index (χ1n) is 13.4. The molecule has 1 aliphatic carbocycles. The molecule has 2 aliphatic heterocycles. The third kappa shape index (κ3) is 7.14. The van der Waals surface area contributed by atoms with Crippen LogP contribution in [0.1, 0.15) is 59.8 Å². The number of rotatable bonds is 9. The van der Waals surface area contributed by atoms with Crippen LogP contribution < -0.4 is 4.72 Å². The van der Waals surface area contributed by atoms with E-state index in [0.29, 0.717) is 32.5 Å². The second kappa shape index (κ2) is 12.8. The van der Waals surface area contributed by atoms with Crippen LogP contribution in [-0.4, -0.2) is 99.6 Å². The summed E-state index contributed by atoms with van der Waals surface area (Å²) in [6, 6.07) is -1.51. The van der Waals surface area contributed by atoms with Crippen molar-refractivity contribution in [1.82, 2.24) is 14.5 Å². The number of piperidine rings is 1. The number of carbonyl (C=O) groups is 3. The van der Waals surface area contributed by atoms with Gasteiger partial charge in [-0.15, -0.1) is 0 Å². The van der Waals surface area contributed by atoms with Crippen LogP contribution in [0.25, 0.3) is 0 Å². The van der Waals surface area contributed by atoms with Crippen LogP contribution in [0.3, 0.4) is 0 Å². The van der Waals surface area contributed by atoms with Crippen molar-refractivity contribution < 1.29 is 37.0 Å². The summed E-state index contributed by atoms with van der Waals surface area (Å²) in [5, 5.41) is -0.555. The van der Waals surface area contributed by atoms with Gasteiger partial charge < -0.3 is 14.2 Å². The molecule has 0 spiro atoms. The van der Waals surface area contributed by atoms with Crippen molar-refractivity contribution >= 4 is 28.1 Å². The van der Waals surface area contributed by atoms with Crippen molar-refractivity contribution in [3.05, 3.63) is 0 Å². The molecule has 1 N–H and O–H groups in total. The fourth-order valence-corrected chi connectivity index (χ4v) is 6.98. The molecule has 0 aromatic rings. The van der Waals surface area contributed by atoms with E-state index < -0.39 is 39.4 Å². The smallest absolute Gasteiger partial charge is 0.410 e. The lowest BCUT2D eigenvalue weighted by Gasteiger charge is -2.46. The molecule has 3 rings (SSSR count). The number of likely N-dealkylation sites (tertiary alicyclic amines) is 2. The molecule has 12 heteroatoms. The van der Waals surface area contributed by atoms with Gasteiger partial charge in [0.05, 0.1) is 25.6 Å². The summed E-state index contributed by atoms with van der Waals surface area (Å²) in [4.78, 5) is 41.3. The van der Waals surface area contributed by atoms with Crippen molar-refractivity contribution in [2.24, 2.45) is 17.8 Å². The number of carbonyl (C=O) groups excluding carboxylic acids is 3. The summed E-state index contributed by atoms with van der Waals surface area (Å²) in [7, 11) is -2.15. The molecule has 0 radical (unpaired) electrons. The average Bonchev–Trinajstić information content (AvgIpc) is 3.24. The monoisotopic (exact) mass is 545 g/mol. The van der Waals surface area contributed by atoms with Gasteiger partial charge in [-0.3, -0.25) is 14.6 Å². The Kier molecular flexibility index (Phi) is 10.2. The van der Waals surface area contributed by atoms with Crippen LogP contribution in [0.5, 0.6) is 0 Å². The predicted octanol–water partition coefficient (Wildman–Crippen LogP) is 1.76. The average molecular weight is 546 g/mol. The molecule has 2 heterocycles. The third-order valence-electron chi connectivity index (χ3n) is 7.96. The maximum Gasteiger partial charge on any atom is 0.410 e. The van der Waals surface area contributed by atoms with Crippen LogP contribution in [-0.2, 0) is 33.8 Å². The Labute approximate surface area is 220 Å². The van der Waals surface area contributed by atoms with Gasteiger partial charge in [-0.25, -0.2) is 22.7 Å². The Morgan fingerprint density at radius 2 is 1.57 bits per heavy atom. The van der Waals surface area contributed by atoms with Crippen molar-refractivity contribution in [2.45, 2.75) is 83.2 Å². The van der Waals surface area contributed by atoms with Crippen LogP contribution >= 0.6 is 0 Å². The first-order chi connectivity index (χ1) is 17.5. The quantitative estimate of drug-likeness (QED) is 0.340. The lowest BCUT2D eigenvalue weighted by Crippen LogP contribution is -2.55. The molecule has 2 saturated heterocycles. The largest absolute Gasteiger partial charge is 0.465 e. The summed E-state index contributed by atoms with van der Waals surface area (Å²) in [6.45, 7) is 8.83. The molecular weight excluding hydrogens is 502 g/mol. The number of nitrogens with zero attached hydrogens (tertiary/aromatic N) is 2. The first kappa shape index (κ1) is 29.6. The Morgan fingerprint density at radius 1 is 0.919 bits per heavy atom. The predicted molar refractivity (Wildman–Crippen MR) is 136 cm³/mol. The minimum absolute atomic E-state index is 0.243. The second-order valence-electron chi connectivity index (χ2n) is 10.7. The molecule has 3 fully saturated rings. The highest BCUT2D eigenvalue weighted by molar-refractivity contribution is 7.90. The fraction of sp³-hybridized carbons (Fsp3) is 0.880. The highest BCUT2D eigenvalue weighted by Crippen LogP contribution is 2.42. The SMILES string of the molecule is CCOC(=O)C1CC(NS(=O)(=O)C(C)C)CN1CC1CCC2CN(C(=O)OC)C(C(=O)OCC)CC2C1. The number of amides is 1. The zero-order chi connectivity index (χ0) is 27.3. The zero-order valence-electron chi connectivity index (χ0n) is 22.7. The van der Waals surface area contributed by atoms with Gasteiger partial charge in [0.25, 0.3) is 0 Å². The van der Waals surface area contributed by atoms with E-state index in [1.165, 1.54) is 12.0 Å². The maximum atomic E-state index is 12.7. The van der Waals surface area contributed by atoms with E-state index in [2.05, 4.69) is 9.62 Å². The summed E-state index contributed by atoms with van der Waals surface area (Å²) in [6.07, 6.45) is 3.08. The zero-order valence-corrected chi connectivity index (χ0v) is 23.5. The van der Waals surface area contributed by atoms with Crippen molar-refractivity contribution in [3.8, 4) is 0 Å². The Hall–Kier alpha value is -1.92. The summed E-state index contributed by atoms with van der Waals surface area (Å²) >= 11 is 0. The van der Waals surface area contributed by atoms with Crippen molar-refractivity contribution in [1.29, 1.82) is 0 Å². The second-order valence-corrected chi connectivity index (χ2v) is 13.0. The van der Waals surface area contributed by atoms with Gasteiger partial charge in [0.1, 0.15) is 12.1 Å². The maximum absolute atomic E-state index is 12.7. The summed E-state index contributed by atoms with van der Waals surface area (Å²) < 4.78 is 43.2. The highest BCUT2D eigenvalue weighted by Gasteiger charge is 2.46. The minimum atomic E-state index is -3.46. The molecular formula is C25H43N3O8S. The molecule has 6 unspecified atom stereocenters. The van der Waals surface area contributed by atoms with Gasteiger partial charge in [-0.05, 0) is 77.6 Å². The minimum Gasteiger partial charge on any atom is -0.465 e. The van der Waals surface area contributed by atoms with E-state index >= 15 is 0 Å². The molecule has 1 amide bonds. The number of ether oxygens (including phenoxy) is 3. The topological polar surface area (TPSA) is 132 Å². The van der Waals surface area contributed by atoms with Crippen LogP contribution in [0, 0.1) is 17.8 Å². The number of nitrogens with one attached hydrogen (secondary N) is 1. The fourth-order valence-electron chi connectivity index (χ4n) is 6.07. The Morgan fingerprint density at radius 3 is 2.16 bits per heavy atom. The number of hydrogen-bond acceptors (Lipinski definition) is 9. The van der Waals surface area contributed by atoms with Gasteiger partial charge in [-0.2, -0.15) is 0 Å². The molecule has 212 valence electrons. The summed E-state index contributed by atoms with van der Waals surface area (Å²) in [5.41, 5.74) is 0. The normalized spacial score (nSPS) is 30.6. The van der Waals surface area contributed by atoms with Crippen LogP contribution in [0.2, 0.25) is 0 Å². The van der Waals surface area contributed by atoms with E-state index in [9.17, 15) is 22.8 Å². The van der Waals surface area contributed by atoms with Crippen LogP contribution in [0.15, 0.2) is 0 Å². The molecule has 1 saturated carbocycles. The van der Waals surface area contributed by atoms with E-state index in [4.69, 9.17) is 14.2 Å². The van der Waals surface area contributed by atoms with E-state index in [-0.39, 0.29) is 43.0 Å². The number of hydrogen-bond donors (Lipinski definition) is 1. The Bertz CT molecular complexity index is 927. The number of sulfonamides is 1. The van der Waals surface area contributed by atoms with Gasteiger partial charge in [0.2, 0.25) is 10.0 Å². The third-order valence-corrected chi connectivity index (χ3v) is 9.86.